The van der Waals surface area contributed by atoms with Gasteiger partial charge in [0.15, 0.2) is 0 Å². The van der Waals surface area contributed by atoms with E-state index in [9.17, 15) is 14.0 Å². The van der Waals surface area contributed by atoms with Crippen molar-refractivity contribution in [2.75, 3.05) is 19.6 Å². The molecule has 0 atom stereocenters. The number of benzene rings is 1. The average molecular weight is 271 g/mol. The van der Waals surface area contributed by atoms with Crippen LogP contribution in [0.25, 0.3) is 0 Å². The highest BCUT2D eigenvalue weighted by atomic mass is 35.5. The molecule has 96 valence electrons. The molecular formula is C12H12ClFN2O2. The summed E-state index contributed by atoms with van der Waals surface area (Å²) >= 11 is 5.63. The summed E-state index contributed by atoms with van der Waals surface area (Å²) in [5, 5.41) is 2.90. The van der Waals surface area contributed by atoms with E-state index >= 15 is 0 Å². The molecule has 0 bridgehead atoms. The summed E-state index contributed by atoms with van der Waals surface area (Å²) in [7, 11) is 0. The van der Waals surface area contributed by atoms with Gasteiger partial charge in [-0.1, -0.05) is 11.6 Å². The van der Waals surface area contributed by atoms with Crippen molar-refractivity contribution in [2.24, 2.45) is 0 Å². The van der Waals surface area contributed by atoms with E-state index in [0.717, 1.165) is 6.07 Å². The monoisotopic (exact) mass is 270 g/mol. The van der Waals surface area contributed by atoms with Gasteiger partial charge in [0.05, 0.1) is 5.56 Å². The van der Waals surface area contributed by atoms with Crippen LogP contribution in [0.5, 0.6) is 0 Å². The lowest BCUT2D eigenvalue weighted by Crippen LogP contribution is -2.34. The van der Waals surface area contributed by atoms with Crippen molar-refractivity contribution in [3.05, 3.63) is 34.6 Å². The summed E-state index contributed by atoms with van der Waals surface area (Å²) in [4.78, 5) is 24.7. The zero-order chi connectivity index (χ0) is 13.1. The van der Waals surface area contributed by atoms with Crippen LogP contribution in [0.1, 0.15) is 16.8 Å². The number of carbonyl (C=O) groups is 2. The highest BCUT2D eigenvalue weighted by molar-refractivity contribution is 6.30. The molecule has 1 aliphatic heterocycles. The van der Waals surface area contributed by atoms with Crippen molar-refractivity contribution in [2.45, 2.75) is 6.42 Å². The van der Waals surface area contributed by atoms with Crippen LogP contribution in [-0.4, -0.2) is 36.3 Å². The number of rotatable bonds is 1. The molecule has 2 rings (SSSR count). The van der Waals surface area contributed by atoms with Gasteiger partial charge >= 0.3 is 0 Å². The van der Waals surface area contributed by atoms with E-state index in [1.165, 1.54) is 17.0 Å². The van der Waals surface area contributed by atoms with Crippen LogP contribution in [0.2, 0.25) is 5.02 Å². The van der Waals surface area contributed by atoms with Crippen LogP contribution < -0.4 is 5.32 Å². The normalized spacial score (nSPS) is 16.1. The van der Waals surface area contributed by atoms with Crippen LogP contribution in [-0.2, 0) is 4.79 Å². The highest BCUT2D eigenvalue weighted by Crippen LogP contribution is 2.16. The van der Waals surface area contributed by atoms with Crippen LogP contribution in [0, 0.1) is 5.82 Å². The second-order valence-corrected chi connectivity index (χ2v) is 4.45. The molecule has 0 unspecified atom stereocenters. The number of nitrogens with one attached hydrogen (secondary N) is 1. The second-order valence-electron chi connectivity index (χ2n) is 4.02. The largest absolute Gasteiger partial charge is 0.354 e. The van der Waals surface area contributed by atoms with Gasteiger partial charge < -0.3 is 10.2 Å². The molecule has 18 heavy (non-hydrogen) atoms. The Balaban J connectivity index is 2.17. The van der Waals surface area contributed by atoms with Gasteiger partial charge in [-0.15, -0.1) is 0 Å². The smallest absolute Gasteiger partial charge is 0.256 e. The number of hydrogen-bond donors (Lipinski definition) is 1. The van der Waals surface area contributed by atoms with E-state index in [0.29, 0.717) is 19.6 Å². The molecule has 2 amide bonds. The van der Waals surface area contributed by atoms with Gasteiger partial charge in [-0.05, 0) is 18.2 Å². The van der Waals surface area contributed by atoms with E-state index in [2.05, 4.69) is 5.32 Å². The molecule has 0 radical (unpaired) electrons. The second kappa shape index (κ2) is 5.35. The fourth-order valence-electron chi connectivity index (χ4n) is 1.80. The Morgan fingerprint density at radius 2 is 2.17 bits per heavy atom. The van der Waals surface area contributed by atoms with Crippen LogP contribution in [0.4, 0.5) is 4.39 Å². The molecule has 0 saturated carbocycles. The number of hydrogen-bond acceptors (Lipinski definition) is 2. The Morgan fingerprint density at radius 1 is 1.39 bits per heavy atom. The van der Waals surface area contributed by atoms with Gasteiger partial charge in [-0.2, -0.15) is 0 Å². The summed E-state index contributed by atoms with van der Waals surface area (Å²) in [6.07, 6.45) is 0.237. The molecule has 6 heteroatoms. The fourth-order valence-corrected chi connectivity index (χ4v) is 1.96. The van der Waals surface area contributed by atoms with Crippen molar-refractivity contribution >= 4 is 23.4 Å². The van der Waals surface area contributed by atoms with E-state index in [4.69, 9.17) is 11.6 Å². The van der Waals surface area contributed by atoms with Crippen molar-refractivity contribution in [3.63, 3.8) is 0 Å². The van der Waals surface area contributed by atoms with Gasteiger partial charge in [0.25, 0.3) is 5.91 Å². The molecule has 1 fully saturated rings. The molecule has 0 aromatic heterocycles. The zero-order valence-electron chi connectivity index (χ0n) is 9.58. The Labute approximate surface area is 109 Å². The lowest BCUT2D eigenvalue weighted by atomic mass is 10.2. The van der Waals surface area contributed by atoms with Crippen LogP contribution >= 0.6 is 11.6 Å². The molecule has 1 aliphatic rings. The predicted octanol–water partition coefficient (Wildman–Crippen LogP) is 1.44. The Hall–Kier alpha value is -1.62. The zero-order valence-corrected chi connectivity index (χ0v) is 10.3. The maximum atomic E-state index is 13.6. The minimum atomic E-state index is -0.643. The maximum Gasteiger partial charge on any atom is 0.256 e. The minimum Gasteiger partial charge on any atom is -0.354 e. The van der Waals surface area contributed by atoms with Crippen LogP contribution in [0.3, 0.4) is 0 Å². The topological polar surface area (TPSA) is 49.4 Å². The third kappa shape index (κ3) is 2.79. The lowest BCUT2D eigenvalue weighted by molar-refractivity contribution is -0.120. The van der Waals surface area contributed by atoms with Crippen LogP contribution in [0.15, 0.2) is 18.2 Å². The van der Waals surface area contributed by atoms with Crippen molar-refractivity contribution < 1.29 is 14.0 Å². The predicted molar refractivity (Wildman–Crippen MR) is 64.9 cm³/mol. The fraction of sp³-hybridized carbons (Fsp3) is 0.333. The molecule has 1 aromatic carbocycles. The van der Waals surface area contributed by atoms with Gasteiger partial charge in [0, 0.05) is 31.1 Å². The Bertz CT molecular complexity index is 493. The minimum absolute atomic E-state index is 0.0197. The lowest BCUT2D eigenvalue weighted by Gasteiger charge is -2.19. The van der Waals surface area contributed by atoms with E-state index in [1.54, 1.807) is 0 Å². The first-order valence-corrected chi connectivity index (χ1v) is 5.97. The Kier molecular flexibility index (Phi) is 3.81. The van der Waals surface area contributed by atoms with Crippen molar-refractivity contribution in [3.8, 4) is 0 Å². The molecule has 1 N–H and O–H groups in total. The molecular weight excluding hydrogens is 259 g/mol. The van der Waals surface area contributed by atoms with E-state index < -0.39 is 11.7 Å². The molecule has 1 aromatic rings. The van der Waals surface area contributed by atoms with E-state index in [-0.39, 0.29) is 22.9 Å². The standard InChI is InChI=1S/C12H12ClFN2O2/c13-8-1-2-9(10(14)7-8)12(18)16-5-3-11(17)15-4-6-16/h1-2,7H,3-6H2,(H,15,17). The number of carbonyl (C=O) groups excluding carboxylic acids is 2. The van der Waals surface area contributed by atoms with Crippen molar-refractivity contribution in [1.82, 2.24) is 10.2 Å². The van der Waals surface area contributed by atoms with Crippen molar-refractivity contribution in [1.29, 1.82) is 0 Å². The molecule has 4 nitrogen and oxygen atoms in total. The maximum absolute atomic E-state index is 13.6. The number of amides is 2. The van der Waals surface area contributed by atoms with E-state index in [1.807, 2.05) is 0 Å². The summed E-state index contributed by atoms with van der Waals surface area (Å²) in [5.41, 5.74) is -0.0197. The summed E-state index contributed by atoms with van der Waals surface area (Å²) in [6, 6.07) is 3.94. The molecule has 1 heterocycles. The first kappa shape index (κ1) is 12.8. The quantitative estimate of drug-likeness (QED) is 0.840. The SMILES string of the molecule is O=C1CCN(C(=O)c2ccc(Cl)cc2F)CCN1. The number of halogens is 2. The molecule has 0 aliphatic carbocycles. The third-order valence-electron chi connectivity index (χ3n) is 2.76. The first-order valence-electron chi connectivity index (χ1n) is 5.59. The highest BCUT2D eigenvalue weighted by Gasteiger charge is 2.22. The summed E-state index contributed by atoms with van der Waals surface area (Å²) in [6.45, 7) is 1.07. The van der Waals surface area contributed by atoms with Gasteiger partial charge in [-0.3, -0.25) is 9.59 Å². The van der Waals surface area contributed by atoms with Gasteiger partial charge in [0.2, 0.25) is 5.91 Å². The molecule has 0 spiro atoms. The number of nitrogens with zero attached hydrogens (tertiary/aromatic N) is 1. The third-order valence-corrected chi connectivity index (χ3v) is 3.00. The summed E-state index contributed by atoms with van der Waals surface area (Å²) < 4.78 is 13.6. The first-order chi connectivity index (χ1) is 8.58. The summed E-state index contributed by atoms with van der Waals surface area (Å²) in [5.74, 6) is -1.15. The van der Waals surface area contributed by atoms with Gasteiger partial charge in [0.1, 0.15) is 5.82 Å². The average Bonchev–Trinajstić information content (AvgIpc) is 2.53. The molecule has 1 saturated heterocycles. The van der Waals surface area contributed by atoms with Gasteiger partial charge in [-0.25, -0.2) is 4.39 Å². The Morgan fingerprint density at radius 3 is 2.89 bits per heavy atom.